The van der Waals surface area contributed by atoms with Crippen LogP contribution in [0.1, 0.15) is 13.8 Å². The minimum Gasteiger partial charge on any atom is -0.493 e. The molecule has 1 atom stereocenters. The smallest absolute Gasteiger partial charge is 0.326 e. The van der Waals surface area contributed by atoms with E-state index in [1.54, 1.807) is 19.9 Å². The molecule has 0 fully saturated rings. The zero-order valence-electron chi connectivity index (χ0n) is 15.0. The molecule has 2 N–H and O–H groups in total. The average molecular weight is 363 g/mol. The van der Waals surface area contributed by atoms with Gasteiger partial charge in [-0.3, -0.25) is 14.2 Å². The zero-order valence-corrected chi connectivity index (χ0v) is 15.0. The Morgan fingerprint density at radius 2 is 1.85 bits per heavy atom. The molecule has 2 rings (SSSR count). The van der Waals surface area contributed by atoms with E-state index in [-0.39, 0.29) is 17.8 Å². The van der Waals surface area contributed by atoms with Crippen molar-refractivity contribution in [1.29, 1.82) is 0 Å². The molecule has 26 heavy (non-hydrogen) atoms. The molecule has 0 aliphatic carbocycles. The first-order valence-electron chi connectivity index (χ1n) is 7.91. The van der Waals surface area contributed by atoms with E-state index in [1.807, 2.05) is 0 Å². The molecule has 0 saturated carbocycles. The van der Waals surface area contributed by atoms with Gasteiger partial charge in [-0.25, -0.2) is 9.78 Å². The molecule has 9 nitrogen and oxygen atoms in total. The van der Waals surface area contributed by atoms with E-state index in [4.69, 9.17) is 14.6 Å². The number of carboxylic acid groups (broad SMARTS) is 1. The monoisotopic (exact) mass is 363 g/mol. The first-order chi connectivity index (χ1) is 12.3. The molecule has 0 saturated heterocycles. The summed E-state index contributed by atoms with van der Waals surface area (Å²) in [5.74, 6) is -1.21. The highest BCUT2D eigenvalue weighted by Gasteiger charge is 2.23. The minimum absolute atomic E-state index is 0.261. The second-order valence-electron chi connectivity index (χ2n) is 6.03. The highest BCUT2D eigenvalue weighted by Crippen LogP contribution is 2.29. The fourth-order valence-corrected chi connectivity index (χ4v) is 2.49. The highest BCUT2D eigenvalue weighted by molar-refractivity contribution is 5.84. The summed E-state index contributed by atoms with van der Waals surface area (Å²) in [6.45, 7) is 3.03. The van der Waals surface area contributed by atoms with E-state index in [2.05, 4.69) is 10.3 Å². The summed E-state index contributed by atoms with van der Waals surface area (Å²) < 4.78 is 11.5. The molecule has 1 aromatic heterocycles. The van der Waals surface area contributed by atoms with Gasteiger partial charge in [-0.15, -0.1) is 0 Å². The molecule has 9 heteroatoms. The molecular formula is C17H21N3O6. The summed E-state index contributed by atoms with van der Waals surface area (Å²) in [5, 5.41) is 11.8. The summed E-state index contributed by atoms with van der Waals surface area (Å²) in [4.78, 5) is 40.1. The lowest BCUT2D eigenvalue weighted by Crippen LogP contribution is -2.46. The third kappa shape index (κ3) is 3.93. The summed E-state index contributed by atoms with van der Waals surface area (Å²) in [5.41, 5.74) is -0.0440. The van der Waals surface area contributed by atoms with Crippen molar-refractivity contribution in [2.75, 3.05) is 14.2 Å². The molecule has 1 aromatic carbocycles. The van der Waals surface area contributed by atoms with Crippen molar-refractivity contribution in [2.24, 2.45) is 5.92 Å². The van der Waals surface area contributed by atoms with E-state index in [0.29, 0.717) is 17.0 Å². The molecule has 0 aliphatic heterocycles. The van der Waals surface area contributed by atoms with Crippen LogP contribution < -0.4 is 20.3 Å². The molecule has 2 aromatic rings. The maximum Gasteiger partial charge on any atom is 0.326 e. The van der Waals surface area contributed by atoms with Crippen molar-refractivity contribution in [2.45, 2.75) is 26.4 Å². The van der Waals surface area contributed by atoms with Crippen molar-refractivity contribution in [3.63, 3.8) is 0 Å². The number of carboxylic acids is 1. The predicted octanol–water partition coefficient (Wildman–Crippen LogP) is 0.639. The number of hydrogen-bond acceptors (Lipinski definition) is 6. The number of hydrogen-bond donors (Lipinski definition) is 2. The van der Waals surface area contributed by atoms with Crippen LogP contribution in [0.25, 0.3) is 10.9 Å². The second-order valence-corrected chi connectivity index (χ2v) is 6.03. The van der Waals surface area contributed by atoms with Gasteiger partial charge >= 0.3 is 5.97 Å². The molecule has 0 bridgehead atoms. The number of aromatic nitrogens is 2. The number of benzene rings is 1. The number of ether oxygens (including phenoxy) is 2. The van der Waals surface area contributed by atoms with E-state index in [9.17, 15) is 14.4 Å². The fraction of sp³-hybridized carbons (Fsp3) is 0.412. The van der Waals surface area contributed by atoms with Gasteiger partial charge in [0.2, 0.25) is 5.91 Å². The average Bonchev–Trinajstić information content (AvgIpc) is 2.60. The number of fused-ring (bicyclic) bond motifs is 1. The van der Waals surface area contributed by atoms with E-state index in [1.165, 1.54) is 26.6 Å². The van der Waals surface area contributed by atoms with Crippen LogP contribution in [-0.4, -0.2) is 46.8 Å². The van der Waals surface area contributed by atoms with Crippen molar-refractivity contribution >= 4 is 22.8 Å². The normalized spacial score (nSPS) is 12.0. The van der Waals surface area contributed by atoms with Crippen LogP contribution in [0.5, 0.6) is 11.5 Å². The minimum atomic E-state index is -1.13. The molecule has 0 radical (unpaired) electrons. The lowest BCUT2D eigenvalue weighted by molar-refractivity contribution is -0.143. The van der Waals surface area contributed by atoms with Gasteiger partial charge in [0.05, 0.1) is 31.4 Å². The maximum atomic E-state index is 12.6. The van der Waals surface area contributed by atoms with Crippen LogP contribution in [0.3, 0.4) is 0 Å². The number of nitrogens with one attached hydrogen (secondary N) is 1. The predicted molar refractivity (Wildman–Crippen MR) is 93.5 cm³/mol. The number of carbonyl (C=O) groups is 2. The number of rotatable bonds is 7. The second kappa shape index (κ2) is 7.85. The molecule has 0 aliphatic rings. The van der Waals surface area contributed by atoms with Crippen molar-refractivity contribution in [3.8, 4) is 11.5 Å². The molecule has 140 valence electrons. The van der Waals surface area contributed by atoms with Crippen LogP contribution >= 0.6 is 0 Å². The third-order valence-electron chi connectivity index (χ3n) is 3.89. The summed E-state index contributed by atoms with van der Waals surface area (Å²) in [6.07, 6.45) is 1.24. The fourth-order valence-electron chi connectivity index (χ4n) is 2.49. The van der Waals surface area contributed by atoms with Crippen LogP contribution in [0.15, 0.2) is 23.3 Å². The number of carbonyl (C=O) groups excluding carboxylic acids is 1. The first kappa shape index (κ1) is 19.2. The quantitative estimate of drug-likeness (QED) is 0.741. The van der Waals surface area contributed by atoms with Gasteiger partial charge in [-0.05, 0) is 12.0 Å². The number of nitrogens with zero attached hydrogens (tertiary/aromatic N) is 2. The van der Waals surface area contributed by atoms with Crippen molar-refractivity contribution in [1.82, 2.24) is 14.9 Å². The summed E-state index contributed by atoms with van der Waals surface area (Å²) in [6, 6.07) is 2.03. The van der Waals surface area contributed by atoms with Gasteiger partial charge in [0.1, 0.15) is 12.6 Å². The highest BCUT2D eigenvalue weighted by atomic mass is 16.5. The summed E-state index contributed by atoms with van der Waals surface area (Å²) in [7, 11) is 2.92. The van der Waals surface area contributed by atoms with Gasteiger partial charge in [-0.2, -0.15) is 0 Å². The van der Waals surface area contributed by atoms with Crippen molar-refractivity contribution < 1.29 is 24.2 Å². The van der Waals surface area contributed by atoms with E-state index >= 15 is 0 Å². The SMILES string of the molecule is COc1cc2ncn(CC(=O)NC(C(=O)O)C(C)C)c(=O)c2cc1OC. The Labute approximate surface area is 149 Å². The van der Waals surface area contributed by atoms with E-state index in [0.717, 1.165) is 4.57 Å². The topological polar surface area (TPSA) is 120 Å². The Bertz CT molecular complexity index is 890. The Morgan fingerprint density at radius 3 is 2.38 bits per heavy atom. The van der Waals surface area contributed by atoms with Gasteiger partial charge in [-0.1, -0.05) is 13.8 Å². The Morgan fingerprint density at radius 1 is 1.23 bits per heavy atom. The Balaban J connectivity index is 2.33. The molecule has 0 spiro atoms. The van der Waals surface area contributed by atoms with Crippen molar-refractivity contribution in [3.05, 3.63) is 28.8 Å². The molecule has 1 unspecified atom stereocenters. The zero-order chi connectivity index (χ0) is 19.4. The van der Waals surface area contributed by atoms with Gasteiger partial charge in [0.25, 0.3) is 5.56 Å². The molecule has 1 heterocycles. The largest absolute Gasteiger partial charge is 0.493 e. The number of amides is 1. The number of aliphatic carboxylic acids is 1. The number of methoxy groups -OCH3 is 2. The maximum absolute atomic E-state index is 12.6. The standard InChI is InChI=1S/C17H21N3O6/c1-9(2)15(17(23)24)19-14(21)7-20-8-18-11-6-13(26-4)12(25-3)5-10(11)16(20)22/h5-6,8-9,15H,7H2,1-4H3,(H,19,21)(H,23,24). The van der Waals surface area contributed by atoms with Gasteiger partial charge in [0.15, 0.2) is 11.5 Å². The molecular weight excluding hydrogens is 342 g/mol. The molecule has 1 amide bonds. The first-order valence-corrected chi connectivity index (χ1v) is 7.91. The lowest BCUT2D eigenvalue weighted by atomic mass is 10.1. The lowest BCUT2D eigenvalue weighted by Gasteiger charge is -2.18. The van der Waals surface area contributed by atoms with Gasteiger partial charge < -0.3 is 19.9 Å². The van der Waals surface area contributed by atoms with Crippen LogP contribution in [0.2, 0.25) is 0 Å². The third-order valence-corrected chi connectivity index (χ3v) is 3.89. The summed E-state index contributed by atoms with van der Waals surface area (Å²) >= 11 is 0. The van der Waals surface area contributed by atoms with Crippen LogP contribution in [0, 0.1) is 5.92 Å². The van der Waals surface area contributed by atoms with Crippen LogP contribution in [0.4, 0.5) is 0 Å². The van der Waals surface area contributed by atoms with Gasteiger partial charge in [0, 0.05) is 6.07 Å². The Kier molecular flexibility index (Phi) is 5.81. The van der Waals surface area contributed by atoms with Crippen LogP contribution in [-0.2, 0) is 16.1 Å². The van der Waals surface area contributed by atoms with E-state index < -0.39 is 23.5 Å². The Hall–Kier alpha value is -3.10.